The number of amides is 1. The molecule has 9 nitrogen and oxygen atoms in total. The maximum atomic E-state index is 12.1. The predicted molar refractivity (Wildman–Crippen MR) is 210 cm³/mol. The summed E-state index contributed by atoms with van der Waals surface area (Å²) in [4.78, 5) is 33.8. The van der Waals surface area contributed by atoms with Crippen LogP contribution in [0.15, 0.2) is 60.8 Å². The monoisotopic (exact) mass is 737 g/mol. The first-order chi connectivity index (χ1) is 24.8. The minimum absolute atomic E-state index is 0.0557. The Labute approximate surface area is 310 Å². The first kappa shape index (κ1) is 48.7. The quantitative estimate of drug-likeness (QED) is 0.0251. The molecule has 0 aliphatic heterocycles. The Kier molecular flexibility index (Phi) is 35.8. The summed E-state index contributed by atoms with van der Waals surface area (Å²) in [6.45, 7) is 3.35. The van der Waals surface area contributed by atoms with Gasteiger partial charge in [0.25, 0.3) is 0 Å². The third-order valence-corrected chi connectivity index (χ3v) is 8.92. The van der Waals surface area contributed by atoms with Crippen molar-refractivity contribution in [3.05, 3.63) is 60.8 Å². The van der Waals surface area contributed by atoms with Crippen molar-refractivity contribution in [2.75, 3.05) is 26.4 Å². The predicted octanol–water partition coefficient (Wildman–Crippen LogP) is 10.5. The molecule has 0 saturated carbocycles. The van der Waals surface area contributed by atoms with Crippen molar-refractivity contribution >= 4 is 19.7 Å². The van der Waals surface area contributed by atoms with Crippen LogP contribution in [0.2, 0.25) is 0 Å². The Balaban J connectivity index is 3.70. The molecular weight excluding hydrogens is 665 g/mol. The van der Waals surface area contributed by atoms with Gasteiger partial charge < -0.3 is 20.1 Å². The SMILES string of the molecule is CC/C=C\C/C=C\C/C=C\C/C=C\CCCCC(=O)NCCOP(=O)(O)OCC(O)COC(=O)CCCCCCC/C=C\CCCCCCCC. The number of nitrogens with one attached hydrogen (secondary N) is 1. The topological polar surface area (TPSA) is 131 Å². The molecule has 10 heteroatoms. The van der Waals surface area contributed by atoms with E-state index < -0.39 is 26.5 Å². The average Bonchev–Trinajstić information content (AvgIpc) is 3.11. The zero-order valence-electron chi connectivity index (χ0n) is 32.0. The number of phosphoric acid groups is 1. The van der Waals surface area contributed by atoms with E-state index >= 15 is 0 Å². The van der Waals surface area contributed by atoms with Crippen molar-refractivity contribution < 1.29 is 37.9 Å². The molecule has 0 aliphatic rings. The van der Waals surface area contributed by atoms with E-state index in [0.717, 1.165) is 83.5 Å². The summed E-state index contributed by atoms with van der Waals surface area (Å²) in [5, 5.41) is 12.6. The molecule has 0 aliphatic carbocycles. The molecule has 294 valence electrons. The molecule has 2 atom stereocenters. The van der Waals surface area contributed by atoms with Crippen molar-refractivity contribution in [1.82, 2.24) is 5.32 Å². The van der Waals surface area contributed by atoms with Crippen LogP contribution in [0.1, 0.15) is 155 Å². The Bertz CT molecular complexity index is 1020. The van der Waals surface area contributed by atoms with Gasteiger partial charge in [-0.2, -0.15) is 0 Å². The minimum Gasteiger partial charge on any atom is -0.463 e. The molecule has 0 aromatic rings. The van der Waals surface area contributed by atoms with Crippen LogP contribution in [-0.4, -0.2) is 54.3 Å². The average molecular weight is 738 g/mol. The molecule has 3 N–H and O–H groups in total. The standard InChI is InChI=1S/C41H72NO8P/c1-3-5-7-9-11-13-15-17-19-21-23-25-27-29-31-33-40(44)42-35-36-49-51(46,47)50-38-39(43)37-48-41(45)34-32-30-28-26-24-22-20-18-16-14-12-10-8-6-4-2/h5,7,11,13,17-20,23,25,39,43H,3-4,6,8-10,12,14-16,21-22,24,26-38H2,1-2H3,(H,42,44)(H,46,47)/b7-5-,13-11-,19-17-,20-18-,25-23-. The second-order valence-electron chi connectivity index (χ2n) is 12.9. The summed E-state index contributed by atoms with van der Waals surface area (Å²) in [6.07, 6.45) is 42.9. The molecule has 0 radical (unpaired) electrons. The lowest BCUT2D eigenvalue weighted by Gasteiger charge is -2.15. The highest BCUT2D eigenvalue weighted by molar-refractivity contribution is 7.47. The number of phosphoric ester groups is 1. The van der Waals surface area contributed by atoms with Crippen molar-refractivity contribution in [3.63, 3.8) is 0 Å². The molecule has 0 aromatic heterocycles. The van der Waals surface area contributed by atoms with Crippen molar-refractivity contribution in [1.29, 1.82) is 0 Å². The van der Waals surface area contributed by atoms with E-state index in [1.54, 1.807) is 0 Å². The zero-order valence-corrected chi connectivity index (χ0v) is 32.9. The van der Waals surface area contributed by atoms with E-state index in [0.29, 0.717) is 6.42 Å². The Hall–Kier alpha value is -2.29. The number of ether oxygens (including phenoxy) is 1. The van der Waals surface area contributed by atoms with Crippen LogP contribution < -0.4 is 5.32 Å². The highest BCUT2D eigenvalue weighted by Gasteiger charge is 2.23. The zero-order chi connectivity index (χ0) is 37.5. The van der Waals surface area contributed by atoms with Gasteiger partial charge in [-0.25, -0.2) is 4.57 Å². The van der Waals surface area contributed by atoms with Gasteiger partial charge in [-0.3, -0.25) is 18.6 Å². The van der Waals surface area contributed by atoms with Gasteiger partial charge in [-0.05, 0) is 77.0 Å². The van der Waals surface area contributed by atoms with Gasteiger partial charge in [0, 0.05) is 19.4 Å². The minimum atomic E-state index is -4.43. The van der Waals surface area contributed by atoms with Gasteiger partial charge in [0.1, 0.15) is 12.7 Å². The summed E-state index contributed by atoms with van der Waals surface area (Å²) in [7, 11) is -4.43. The van der Waals surface area contributed by atoms with Crippen LogP contribution in [0.3, 0.4) is 0 Å². The maximum Gasteiger partial charge on any atom is 0.472 e. The fourth-order valence-corrected chi connectivity index (χ4v) is 5.71. The maximum absolute atomic E-state index is 12.1. The smallest absolute Gasteiger partial charge is 0.463 e. The first-order valence-corrected chi connectivity index (χ1v) is 21.3. The molecule has 1 amide bonds. The van der Waals surface area contributed by atoms with Crippen LogP contribution in [0, 0.1) is 0 Å². The molecule has 2 unspecified atom stereocenters. The number of carbonyl (C=O) groups excluding carboxylic acids is 2. The molecule has 51 heavy (non-hydrogen) atoms. The van der Waals surface area contributed by atoms with Crippen LogP contribution >= 0.6 is 7.82 Å². The number of rotatable bonds is 36. The number of hydrogen-bond acceptors (Lipinski definition) is 7. The Morgan fingerprint density at radius 3 is 1.73 bits per heavy atom. The summed E-state index contributed by atoms with van der Waals surface area (Å²) in [6, 6.07) is 0. The fraction of sp³-hybridized carbons (Fsp3) is 0.707. The summed E-state index contributed by atoms with van der Waals surface area (Å²) >= 11 is 0. The summed E-state index contributed by atoms with van der Waals surface area (Å²) < 4.78 is 26.8. The van der Waals surface area contributed by atoms with Gasteiger partial charge in [-0.15, -0.1) is 0 Å². The van der Waals surface area contributed by atoms with Crippen LogP contribution in [0.5, 0.6) is 0 Å². The normalized spacial score (nSPS) is 14.0. The van der Waals surface area contributed by atoms with Gasteiger partial charge in [0.05, 0.1) is 13.2 Å². The molecule has 0 rings (SSSR count). The molecule has 0 fully saturated rings. The number of carbonyl (C=O) groups is 2. The Morgan fingerprint density at radius 1 is 0.627 bits per heavy atom. The number of unbranched alkanes of at least 4 members (excludes halogenated alkanes) is 13. The number of aliphatic hydroxyl groups is 1. The van der Waals surface area contributed by atoms with E-state index in [9.17, 15) is 24.2 Å². The molecular formula is C41H72NO8P. The van der Waals surface area contributed by atoms with E-state index in [4.69, 9.17) is 13.8 Å². The number of esters is 1. The lowest BCUT2D eigenvalue weighted by atomic mass is 10.1. The third-order valence-electron chi connectivity index (χ3n) is 7.93. The van der Waals surface area contributed by atoms with Crippen LogP contribution in [0.25, 0.3) is 0 Å². The Morgan fingerprint density at radius 2 is 1.12 bits per heavy atom. The fourth-order valence-electron chi connectivity index (χ4n) is 4.95. The van der Waals surface area contributed by atoms with Gasteiger partial charge >= 0.3 is 13.8 Å². The van der Waals surface area contributed by atoms with Crippen LogP contribution in [0.4, 0.5) is 0 Å². The first-order valence-electron chi connectivity index (χ1n) is 19.8. The van der Waals surface area contributed by atoms with Crippen molar-refractivity contribution in [2.24, 2.45) is 0 Å². The summed E-state index contributed by atoms with van der Waals surface area (Å²) in [5.74, 6) is -0.572. The largest absolute Gasteiger partial charge is 0.472 e. The molecule has 0 saturated heterocycles. The second kappa shape index (κ2) is 37.5. The van der Waals surface area contributed by atoms with Gasteiger partial charge in [0.15, 0.2) is 0 Å². The van der Waals surface area contributed by atoms with Crippen molar-refractivity contribution in [3.8, 4) is 0 Å². The van der Waals surface area contributed by atoms with Crippen LogP contribution in [-0.2, 0) is 27.9 Å². The lowest BCUT2D eigenvalue weighted by Crippen LogP contribution is -2.27. The number of allylic oxidation sites excluding steroid dienone is 10. The van der Waals surface area contributed by atoms with Gasteiger partial charge in [-0.1, -0.05) is 126 Å². The molecule has 0 aromatic carbocycles. The number of aliphatic hydroxyl groups excluding tert-OH is 1. The number of hydrogen-bond donors (Lipinski definition) is 3. The third kappa shape index (κ3) is 38.8. The lowest BCUT2D eigenvalue weighted by molar-refractivity contribution is -0.147. The van der Waals surface area contributed by atoms with E-state index in [2.05, 4.69) is 79.9 Å². The molecule has 0 bridgehead atoms. The summed E-state index contributed by atoms with van der Waals surface area (Å²) in [5.41, 5.74) is 0. The molecule has 0 spiro atoms. The highest BCUT2D eigenvalue weighted by Crippen LogP contribution is 2.42. The van der Waals surface area contributed by atoms with Crippen molar-refractivity contribution in [2.45, 2.75) is 161 Å². The van der Waals surface area contributed by atoms with Gasteiger partial charge in [0.2, 0.25) is 5.91 Å². The van der Waals surface area contributed by atoms with E-state index in [1.807, 2.05) is 0 Å². The second-order valence-corrected chi connectivity index (χ2v) is 14.3. The highest BCUT2D eigenvalue weighted by atomic mass is 31.2. The van der Waals surface area contributed by atoms with E-state index in [1.165, 1.54) is 44.9 Å². The molecule has 0 heterocycles. The van der Waals surface area contributed by atoms with E-state index in [-0.39, 0.29) is 32.1 Å².